The predicted molar refractivity (Wildman–Crippen MR) is 68.1 cm³/mol. The van der Waals surface area contributed by atoms with E-state index in [0.29, 0.717) is 6.04 Å². The molecule has 0 aromatic rings. The van der Waals surface area contributed by atoms with Gasteiger partial charge in [0.2, 0.25) is 0 Å². The van der Waals surface area contributed by atoms with Crippen LogP contribution in [0.5, 0.6) is 0 Å². The summed E-state index contributed by atoms with van der Waals surface area (Å²) in [6, 6.07) is 1.57. The summed E-state index contributed by atoms with van der Waals surface area (Å²) >= 11 is 0. The lowest BCUT2D eigenvalue weighted by Gasteiger charge is -2.31. The zero-order valence-corrected chi connectivity index (χ0v) is 11.3. The molecule has 1 saturated carbocycles. The minimum absolute atomic E-state index is 0.703. The van der Waals surface area contributed by atoms with Gasteiger partial charge in [0.05, 0.1) is 0 Å². The predicted octanol–water partition coefficient (Wildman–Crippen LogP) is 3.93. The Hall–Kier alpha value is -0.0400. The summed E-state index contributed by atoms with van der Waals surface area (Å²) in [6.45, 7) is 9.30. The molecular formula is C14H29N. The van der Waals surface area contributed by atoms with Crippen molar-refractivity contribution in [3.05, 3.63) is 0 Å². The molecule has 15 heavy (non-hydrogen) atoms. The van der Waals surface area contributed by atoms with Gasteiger partial charge in [0.15, 0.2) is 0 Å². The van der Waals surface area contributed by atoms with Crippen molar-refractivity contribution in [2.75, 3.05) is 7.05 Å². The van der Waals surface area contributed by atoms with Gasteiger partial charge in [0, 0.05) is 12.1 Å². The fourth-order valence-electron chi connectivity index (χ4n) is 2.37. The highest BCUT2D eigenvalue weighted by molar-refractivity contribution is 4.88. The molecule has 0 heterocycles. The third kappa shape index (κ3) is 4.55. The maximum Gasteiger partial charge on any atom is 0.0123 e. The highest BCUT2D eigenvalue weighted by Crippen LogP contribution is 2.37. The van der Waals surface area contributed by atoms with Crippen molar-refractivity contribution in [2.45, 2.75) is 71.9 Å². The molecule has 1 atom stereocenters. The minimum atomic E-state index is 0.703. The summed E-state index contributed by atoms with van der Waals surface area (Å²) in [5.74, 6) is 1.89. The van der Waals surface area contributed by atoms with Gasteiger partial charge in [0.25, 0.3) is 0 Å². The first-order valence-corrected chi connectivity index (χ1v) is 6.74. The molecule has 0 saturated heterocycles. The van der Waals surface area contributed by atoms with Crippen LogP contribution in [-0.4, -0.2) is 24.0 Å². The highest BCUT2D eigenvalue weighted by Gasteiger charge is 2.33. The van der Waals surface area contributed by atoms with Crippen molar-refractivity contribution < 1.29 is 0 Å². The van der Waals surface area contributed by atoms with Crippen LogP contribution in [0.3, 0.4) is 0 Å². The van der Waals surface area contributed by atoms with Gasteiger partial charge in [0.1, 0.15) is 0 Å². The third-order valence-electron chi connectivity index (χ3n) is 3.79. The van der Waals surface area contributed by atoms with E-state index in [1.807, 2.05) is 0 Å². The van der Waals surface area contributed by atoms with Gasteiger partial charge >= 0.3 is 0 Å². The smallest absolute Gasteiger partial charge is 0.0123 e. The molecule has 90 valence electrons. The Morgan fingerprint density at radius 1 is 1.07 bits per heavy atom. The SMILES string of the molecule is CC(C)CCCC(C1CC1)N(C)C(C)C. The molecule has 0 amide bonds. The van der Waals surface area contributed by atoms with E-state index in [0.717, 1.165) is 17.9 Å². The Labute approximate surface area is 96.2 Å². The molecule has 0 aromatic heterocycles. The Bertz CT molecular complexity index is 170. The molecule has 1 rings (SSSR count). The molecular weight excluding hydrogens is 182 g/mol. The fraction of sp³-hybridized carbons (Fsp3) is 1.00. The molecule has 1 heteroatoms. The van der Waals surface area contributed by atoms with E-state index < -0.39 is 0 Å². The summed E-state index contributed by atoms with van der Waals surface area (Å²) in [7, 11) is 2.31. The highest BCUT2D eigenvalue weighted by atomic mass is 15.2. The van der Waals surface area contributed by atoms with E-state index in [4.69, 9.17) is 0 Å². The lowest BCUT2D eigenvalue weighted by molar-refractivity contribution is 0.161. The molecule has 0 bridgehead atoms. The maximum absolute atomic E-state index is 2.60. The van der Waals surface area contributed by atoms with Gasteiger partial charge in [-0.1, -0.05) is 26.7 Å². The van der Waals surface area contributed by atoms with Crippen LogP contribution in [-0.2, 0) is 0 Å². The normalized spacial score (nSPS) is 19.2. The third-order valence-corrected chi connectivity index (χ3v) is 3.79. The van der Waals surface area contributed by atoms with Gasteiger partial charge < -0.3 is 4.90 Å². The zero-order chi connectivity index (χ0) is 11.4. The molecule has 1 aliphatic carbocycles. The maximum atomic E-state index is 2.60. The second-order valence-corrected chi connectivity index (χ2v) is 5.99. The lowest BCUT2D eigenvalue weighted by Crippen LogP contribution is -2.38. The molecule has 1 fully saturated rings. The van der Waals surface area contributed by atoms with Crippen molar-refractivity contribution >= 4 is 0 Å². The van der Waals surface area contributed by atoms with E-state index in [9.17, 15) is 0 Å². The second-order valence-electron chi connectivity index (χ2n) is 5.99. The summed E-state index contributed by atoms with van der Waals surface area (Å²) in [5, 5.41) is 0. The molecule has 0 radical (unpaired) electrons. The monoisotopic (exact) mass is 211 g/mol. The molecule has 1 unspecified atom stereocenters. The lowest BCUT2D eigenvalue weighted by atomic mass is 9.99. The first-order chi connectivity index (χ1) is 7.02. The second kappa shape index (κ2) is 5.89. The molecule has 1 aliphatic rings. The summed E-state index contributed by atoms with van der Waals surface area (Å²) in [6.07, 6.45) is 7.18. The van der Waals surface area contributed by atoms with Crippen LogP contribution in [0.25, 0.3) is 0 Å². The number of hydrogen-bond donors (Lipinski definition) is 0. The van der Waals surface area contributed by atoms with Crippen molar-refractivity contribution in [1.29, 1.82) is 0 Å². The largest absolute Gasteiger partial charge is 0.301 e. The Balaban J connectivity index is 2.30. The standard InChI is InChI=1S/C14H29N/c1-11(2)7-6-8-14(13-9-10-13)15(5)12(3)4/h11-14H,6-10H2,1-5H3. The van der Waals surface area contributed by atoms with E-state index >= 15 is 0 Å². The van der Waals surface area contributed by atoms with E-state index in [2.05, 4.69) is 39.6 Å². The van der Waals surface area contributed by atoms with Gasteiger partial charge in [-0.05, 0) is 52.0 Å². The summed E-state index contributed by atoms with van der Waals surface area (Å²) in [5.41, 5.74) is 0. The van der Waals surface area contributed by atoms with Crippen LogP contribution in [0.2, 0.25) is 0 Å². The van der Waals surface area contributed by atoms with Gasteiger partial charge in [-0.2, -0.15) is 0 Å². The van der Waals surface area contributed by atoms with Crippen molar-refractivity contribution in [1.82, 2.24) is 4.90 Å². The minimum Gasteiger partial charge on any atom is -0.301 e. The molecule has 0 spiro atoms. The number of nitrogens with zero attached hydrogens (tertiary/aromatic N) is 1. The number of hydrogen-bond acceptors (Lipinski definition) is 1. The summed E-state index contributed by atoms with van der Waals surface area (Å²) in [4.78, 5) is 2.60. The van der Waals surface area contributed by atoms with E-state index in [-0.39, 0.29) is 0 Å². The fourth-order valence-corrected chi connectivity index (χ4v) is 2.37. The zero-order valence-electron chi connectivity index (χ0n) is 11.3. The Kier molecular flexibility index (Phi) is 5.11. The van der Waals surface area contributed by atoms with Gasteiger partial charge in [-0.3, -0.25) is 0 Å². The van der Waals surface area contributed by atoms with E-state index in [1.165, 1.54) is 32.1 Å². The number of rotatable bonds is 7. The molecule has 0 aromatic carbocycles. The van der Waals surface area contributed by atoms with Crippen molar-refractivity contribution in [3.63, 3.8) is 0 Å². The van der Waals surface area contributed by atoms with Crippen LogP contribution in [0.1, 0.15) is 59.8 Å². The van der Waals surface area contributed by atoms with Crippen LogP contribution >= 0.6 is 0 Å². The van der Waals surface area contributed by atoms with Crippen LogP contribution in [0.15, 0.2) is 0 Å². The van der Waals surface area contributed by atoms with Crippen molar-refractivity contribution in [2.24, 2.45) is 11.8 Å². The van der Waals surface area contributed by atoms with Gasteiger partial charge in [-0.15, -0.1) is 0 Å². The Morgan fingerprint density at radius 2 is 1.67 bits per heavy atom. The van der Waals surface area contributed by atoms with Crippen LogP contribution in [0, 0.1) is 11.8 Å². The van der Waals surface area contributed by atoms with Crippen LogP contribution < -0.4 is 0 Å². The topological polar surface area (TPSA) is 3.24 Å². The van der Waals surface area contributed by atoms with Crippen LogP contribution in [0.4, 0.5) is 0 Å². The van der Waals surface area contributed by atoms with E-state index in [1.54, 1.807) is 0 Å². The van der Waals surface area contributed by atoms with Crippen molar-refractivity contribution in [3.8, 4) is 0 Å². The average Bonchev–Trinajstić information content (AvgIpc) is 2.94. The molecule has 1 nitrogen and oxygen atoms in total. The Morgan fingerprint density at radius 3 is 2.07 bits per heavy atom. The average molecular weight is 211 g/mol. The molecule has 0 N–H and O–H groups in total. The first kappa shape index (κ1) is 13.0. The first-order valence-electron chi connectivity index (χ1n) is 6.74. The summed E-state index contributed by atoms with van der Waals surface area (Å²) < 4.78 is 0. The van der Waals surface area contributed by atoms with Gasteiger partial charge in [-0.25, -0.2) is 0 Å². The molecule has 0 aliphatic heterocycles. The quantitative estimate of drug-likeness (QED) is 0.616.